The molecular weight excluding hydrogens is 596 g/mol. The molecule has 35 heavy (non-hydrogen) atoms. The summed E-state index contributed by atoms with van der Waals surface area (Å²) < 4.78 is 21.6. The first-order chi connectivity index (χ1) is 17.0. The third-order valence-electron chi connectivity index (χ3n) is 5.19. The zero-order chi connectivity index (χ0) is 24.4. The molecule has 0 fully saturated rings. The van der Waals surface area contributed by atoms with Crippen LogP contribution in [0.3, 0.4) is 0 Å². The van der Waals surface area contributed by atoms with Gasteiger partial charge in [-0.1, -0.05) is 39.4 Å². The minimum Gasteiger partial charge on any atom is -0.490 e. The molecule has 178 valence electrons. The van der Waals surface area contributed by atoms with Crippen LogP contribution in [0.25, 0.3) is 22.1 Å². The lowest BCUT2D eigenvalue weighted by atomic mass is 10.2. The first-order valence-corrected chi connectivity index (χ1v) is 13.3. The molecule has 0 spiro atoms. The molecule has 0 unspecified atom stereocenters. The van der Waals surface area contributed by atoms with Crippen molar-refractivity contribution in [1.29, 1.82) is 0 Å². The van der Waals surface area contributed by atoms with E-state index in [1.165, 1.54) is 11.3 Å². The van der Waals surface area contributed by atoms with E-state index in [2.05, 4.69) is 36.8 Å². The second kappa shape index (κ2) is 10.4. The fraction of sp³-hybridized carbons (Fsp3) is 0.154. The predicted octanol–water partition coefficient (Wildman–Crippen LogP) is 5.84. The predicted molar refractivity (Wildman–Crippen MR) is 146 cm³/mol. The zero-order valence-corrected chi connectivity index (χ0v) is 22.7. The van der Waals surface area contributed by atoms with Crippen LogP contribution < -0.4 is 24.3 Å². The highest BCUT2D eigenvalue weighted by molar-refractivity contribution is 9.10. The molecule has 0 radical (unpaired) electrons. The monoisotopic (exact) mass is 614 g/mol. The van der Waals surface area contributed by atoms with Gasteiger partial charge in [0.05, 0.1) is 26.6 Å². The number of hydrogen-bond donors (Lipinski definition) is 0. The number of imidazole rings is 1. The van der Waals surface area contributed by atoms with Crippen LogP contribution in [0.1, 0.15) is 12.5 Å². The van der Waals surface area contributed by atoms with Gasteiger partial charge in [-0.15, -0.1) is 0 Å². The number of aromatic nitrogens is 2. The molecule has 0 aliphatic carbocycles. The Balaban J connectivity index is 1.39. The van der Waals surface area contributed by atoms with E-state index in [0.29, 0.717) is 40.8 Å². The van der Waals surface area contributed by atoms with Crippen LogP contribution in [0.2, 0.25) is 0 Å². The Hall–Kier alpha value is -2.88. The number of hydrogen-bond acceptors (Lipinski definition) is 6. The maximum absolute atomic E-state index is 13.1. The van der Waals surface area contributed by atoms with Crippen molar-refractivity contribution in [2.75, 3.05) is 19.8 Å². The summed E-state index contributed by atoms with van der Waals surface area (Å²) in [5, 5.41) is 0. The molecule has 9 heteroatoms. The molecular formula is C26H20Br2N2O4S. The molecule has 6 nitrogen and oxygen atoms in total. The fourth-order valence-electron chi connectivity index (χ4n) is 3.67. The second-order valence-electron chi connectivity index (χ2n) is 7.55. The van der Waals surface area contributed by atoms with Crippen molar-refractivity contribution < 1.29 is 14.2 Å². The van der Waals surface area contributed by atoms with Gasteiger partial charge in [0, 0.05) is 4.47 Å². The quantitative estimate of drug-likeness (QED) is 0.205. The normalized spacial score (nSPS) is 11.9. The number of rotatable bonds is 8. The Morgan fingerprint density at radius 3 is 2.57 bits per heavy atom. The molecule has 0 N–H and O–H groups in total. The van der Waals surface area contributed by atoms with E-state index in [1.54, 1.807) is 4.40 Å². The lowest BCUT2D eigenvalue weighted by Crippen LogP contribution is -2.22. The van der Waals surface area contributed by atoms with E-state index in [0.717, 1.165) is 31.3 Å². The third kappa shape index (κ3) is 5.07. The lowest BCUT2D eigenvalue weighted by molar-refractivity contribution is 0.207. The summed E-state index contributed by atoms with van der Waals surface area (Å²) in [6.45, 7) is 3.13. The molecule has 0 saturated carbocycles. The Bertz CT molecular complexity index is 1610. The number of benzene rings is 3. The van der Waals surface area contributed by atoms with Gasteiger partial charge in [0.15, 0.2) is 16.5 Å². The summed E-state index contributed by atoms with van der Waals surface area (Å²) in [7, 11) is 0. The van der Waals surface area contributed by atoms with Gasteiger partial charge in [-0.3, -0.25) is 4.79 Å². The number of thiazole rings is 1. The number of para-hydroxylation sites is 2. The van der Waals surface area contributed by atoms with Gasteiger partial charge in [0.2, 0.25) is 0 Å². The molecule has 2 aromatic heterocycles. The van der Waals surface area contributed by atoms with Gasteiger partial charge in [-0.25, -0.2) is 9.38 Å². The smallest absolute Gasteiger partial charge is 0.274 e. The molecule has 0 atom stereocenters. The largest absolute Gasteiger partial charge is 0.490 e. The van der Waals surface area contributed by atoms with Gasteiger partial charge in [-0.05, 0) is 83.0 Å². The summed E-state index contributed by atoms with van der Waals surface area (Å²) in [6, 6.07) is 19.1. The van der Waals surface area contributed by atoms with Gasteiger partial charge in [0.1, 0.15) is 19.0 Å². The van der Waals surface area contributed by atoms with Gasteiger partial charge in [-0.2, -0.15) is 0 Å². The van der Waals surface area contributed by atoms with Crippen molar-refractivity contribution >= 4 is 65.3 Å². The number of ether oxygens (including phenoxy) is 3. The molecule has 0 bridgehead atoms. The second-order valence-corrected chi connectivity index (χ2v) is 10.3. The minimum atomic E-state index is -0.0850. The van der Waals surface area contributed by atoms with Crippen LogP contribution in [-0.2, 0) is 0 Å². The van der Waals surface area contributed by atoms with E-state index in [1.807, 2.05) is 73.7 Å². The first kappa shape index (κ1) is 23.8. The average Bonchev–Trinajstić information content (AvgIpc) is 3.35. The van der Waals surface area contributed by atoms with Gasteiger partial charge in [0.25, 0.3) is 5.56 Å². The summed E-state index contributed by atoms with van der Waals surface area (Å²) in [5.74, 6) is 1.96. The van der Waals surface area contributed by atoms with Crippen molar-refractivity contribution in [2.45, 2.75) is 6.92 Å². The molecule has 5 aromatic rings. The van der Waals surface area contributed by atoms with Crippen LogP contribution in [0.4, 0.5) is 0 Å². The SMILES string of the molecule is CCOc1cc(/C=c2\sc3nc4ccccc4n3c2=O)cc(Br)c1OCCOc1ccc(Br)cc1. The van der Waals surface area contributed by atoms with Crippen molar-refractivity contribution in [1.82, 2.24) is 9.38 Å². The molecule has 5 rings (SSSR count). The van der Waals surface area contributed by atoms with E-state index < -0.39 is 0 Å². The van der Waals surface area contributed by atoms with E-state index in [4.69, 9.17) is 14.2 Å². The molecule has 3 aromatic carbocycles. The van der Waals surface area contributed by atoms with Gasteiger partial charge < -0.3 is 14.2 Å². The molecule has 2 heterocycles. The maximum Gasteiger partial charge on any atom is 0.274 e. The van der Waals surface area contributed by atoms with Gasteiger partial charge >= 0.3 is 0 Å². The summed E-state index contributed by atoms with van der Waals surface area (Å²) in [4.78, 5) is 18.4. The van der Waals surface area contributed by atoms with Crippen LogP contribution in [0.5, 0.6) is 17.2 Å². The lowest BCUT2D eigenvalue weighted by Gasteiger charge is -2.15. The van der Waals surface area contributed by atoms with Crippen LogP contribution in [0.15, 0.2) is 74.4 Å². The highest BCUT2D eigenvalue weighted by Gasteiger charge is 2.14. The number of fused-ring (bicyclic) bond motifs is 3. The Labute approximate surface area is 222 Å². The fourth-order valence-corrected chi connectivity index (χ4v) is 5.50. The highest BCUT2D eigenvalue weighted by Crippen LogP contribution is 2.37. The standard InChI is InChI=1S/C26H20Br2N2O4S/c1-2-32-22-14-16(13-19(28)24(22)34-12-11-33-18-9-7-17(27)8-10-18)15-23-25(31)30-21-6-4-3-5-20(21)29-26(30)35-23/h3-10,13-15H,2,11-12H2,1H3/b23-15-. The minimum absolute atomic E-state index is 0.0850. The summed E-state index contributed by atoms with van der Waals surface area (Å²) >= 11 is 8.38. The Morgan fingerprint density at radius 1 is 1.00 bits per heavy atom. The van der Waals surface area contributed by atoms with Crippen molar-refractivity contribution in [3.63, 3.8) is 0 Å². The Morgan fingerprint density at radius 2 is 1.77 bits per heavy atom. The zero-order valence-electron chi connectivity index (χ0n) is 18.7. The van der Waals surface area contributed by atoms with E-state index >= 15 is 0 Å². The van der Waals surface area contributed by atoms with Crippen molar-refractivity contribution in [3.05, 3.63) is 90.1 Å². The maximum atomic E-state index is 13.1. The molecule has 0 aliphatic heterocycles. The van der Waals surface area contributed by atoms with E-state index in [9.17, 15) is 4.79 Å². The first-order valence-electron chi connectivity index (χ1n) is 10.9. The summed E-state index contributed by atoms with van der Waals surface area (Å²) in [6.07, 6.45) is 1.85. The molecule has 0 amide bonds. The summed E-state index contributed by atoms with van der Waals surface area (Å²) in [5.41, 5.74) is 2.37. The van der Waals surface area contributed by atoms with Crippen LogP contribution in [0, 0.1) is 0 Å². The Kier molecular flexibility index (Phi) is 7.08. The molecule has 0 saturated heterocycles. The average molecular weight is 616 g/mol. The topological polar surface area (TPSA) is 62.1 Å². The third-order valence-corrected chi connectivity index (χ3v) is 7.27. The van der Waals surface area contributed by atoms with Crippen LogP contribution in [-0.4, -0.2) is 29.2 Å². The number of nitrogens with zero attached hydrogens (tertiary/aromatic N) is 2. The highest BCUT2D eigenvalue weighted by atomic mass is 79.9. The van der Waals surface area contributed by atoms with Crippen molar-refractivity contribution in [3.8, 4) is 17.2 Å². The molecule has 0 aliphatic rings. The number of halogens is 2. The van der Waals surface area contributed by atoms with Crippen LogP contribution >= 0.6 is 43.2 Å². The van der Waals surface area contributed by atoms with Crippen molar-refractivity contribution in [2.24, 2.45) is 0 Å². The van der Waals surface area contributed by atoms with E-state index in [-0.39, 0.29) is 5.56 Å².